The van der Waals surface area contributed by atoms with Gasteiger partial charge in [-0.3, -0.25) is 9.36 Å². The molecule has 0 radical (unpaired) electrons. The Morgan fingerprint density at radius 2 is 0.657 bits per heavy atom. The molecular formula is C61H124NO7P. The van der Waals surface area contributed by atoms with Gasteiger partial charge in [-0.25, -0.2) is 0 Å². The normalized spacial score (nSPS) is 13.3. The Morgan fingerprint density at radius 1 is 0.386 bits per heavy atom. The zero-order chi connectivity index (χ0) is 51.2. The zero-order valence-corrected chi connectivity index (χ0v) is 48.9. The fourth-order valence-electron chi connectivity index (χ4n) is 9.61. The van der Waals surface area contributed by atoms with Crippen LogP contribution in [0.25, 0.3) is 0 Å². The van der Waals surface area contributed by atoms with E-state index in [0.717, 1.165) is 32.1 Å². The molecule has 2 atom stereocenters. The third kappa shape index (κ3) is 58.4. The summed E-state index contributed by atoms with van der Waals surface area (Å²) in [6, 6.07) is 0. The Morgan fingerprint density at radius 3 is 0.943 bits per heavy atom. The second-order valence-electron chi connectivity index (χ2n) is 22.8. The third-order valence-electron chi connectivity index (χ3n) is 14.4. The number of carbonyl (C=O) groups excluding carboxylic acids is 1. The smallest absolute Gasteiger partial charge is 0.306 e. The first kappa shape index (κ1) is 69.5. The van der Waals surface area contributed by atoms with Gasteiger partial charge in [0, 0.05) is 13.0 Å². The molecule has 0 amide bonds. The predicted molar refractivity (Wildman–Crippen MR) is 301 cm³/mol. The van der Waals surface area contributed by atoms with E-state index in [1.165, 1.54) is 276 Å². The quantitative estimate of drug-likeness (QED) is 0.0259. The number of ether oxygens (including phenoxy) is 2. The lowest BCUT2D eigenvalue weighted by molar-refractivity contribution is -0.870. The fourth-order valence-corrected chi connectivity index (χ4v) is 10.3. The van der Waals surface area contributed by atoms with Gasteiger partial charge in [0.15, 0.2) is 0 Å². The van der Waals surface area contributed by atoms with E-state index in [1.807, 2.05) is 21.1 Å². The average molecular weight is 1010 g/mol. The summed E-state index contributed by atoms with van der Waals surface area (Å²) < 4.78 is 34.9. The number of hydrogen-bond acceptors (Lipinski definition) is 7. The van der Waals surface area contributed by atoms with Crippen molar-refractivity contribution in [3.8, 4) is 0 Å². The van der Waals surface area contributed by atoms with Crippen LogP contribution in [0.3, 0.4) is 0 Å². The maximum Gasteiger partial charge on any atom is 0.306 e. The summed E-state index contributed by atoms with van der Waals surface area (Å²) in [5, 5.41) is 0. The number of hydrogen-bond donors (Lipinski definition) is 0. The second kappa shape index (κ2) is 54.8. The van der Waals surface area contributed by atoms with Crippen LogP contribution < -0.4 is 4.89 Å². The highest BCUT2D eigenvalue weighted by atomic mass is 31.2. The number of quaternary nitrogens is 1. The van der Waals surface area contributed by atoms with Gasteiger partial charge < -0.3 is 27.9 Å². The minimum atomic E-state index is -4.53. The van der Waals surface area contributed by atoms with E-state index in [-0.39, 0.29) is 25.8 Å². The predicted octanol–water partition coefficient (Wildman–Crippen LogP) is 19.3. The second-order valence-corrected chi connectivity index (χ2v) is 24.2. The van der Waals surface area contributed by atoms with Gasteiger partial charge in [-0.2, -0.15) is 0 Å². The summed E-state index contributed by atoms with van der Waals surface area (Å²) in [7, 11) is 1.39. The molecule has 0 aliphatic heterocycles. The summed E-state index contributed by atoms with van der Waals surface area (Å²) >= 11 is 0. The molecule has 0 aliphatic carbocycles. The number of carbonyl (C=O) groups is 1. The van der Waals surface area contributed by atoms with Crippen molar-refractivity contribution in [3.63, 3.8) is 0 Å². The molecule has 0 saturated carbocycles. The van der Waals surface area contributed by atoms with Crippen LogP contribution >= 0.6 is 7.82 Å². The number of esters is 1. The van der Waals surface area contributed by atoms with Crippen LogP contribution in [0.4, 0.5) is 0 Å². The lowest BCUT2D eigenvalue weighted by atomic mass is 10.0. The maximum absolute atomic E-state index is 12.8. The minimum Gasteiger partial charge on any atom is -0.756 e. The lowest BCUT2D eigenvalue weighted by Gasteiger charge is -2.28. The van der Waals surface area contributed by atoms with Gasteiger partial charge in [0.25, 0.3) is 7.82 Å². The van der Waals surface area contributed by atoms with Gasteiger partial charge in [0.05, 0.1) is 34.4 Å². The van der Waals surface area contributed by atoms with Crippen LogP contribution in [0.15, 0.2) is 0 Å². The molecule has 0 saturated heterocycles. The minimum absolute atomic E-state index is 0.0321. The Bertz CT molecular complexity index is 1090. The van der Waals surface area contributed by atoms with Gasteiger partial charge in [0.1, 0.15) is 19.3 Å². The topological polar surface area (TPSA) is 94.1 Å². The standard InChI is InChI=1S/C61H124NO7P/c1-6-8-10-12-14-16-18-20-22-24-26-28-30-32-34-36-38-40-42-44-46-48-50-52-54-61(63)69-60(59-68-70(64,65)67-57-55-62(3,4)5)58-66-56-53-51-49-47-45-43-41-39-37-35-33-31-29-27-25-23-21-19-17-15-13-11-9-7-2/h60H,6-59H2,1-5H3. The number of phosphoric ester groups is 1. The molecule has 0 fully saturated rings. The van der Waals surface area contributed by atoms with E-state index < -0.39 is 13.9 Å². The highest BCUT2D eigenvalue weighted by Gasteiger charge is 2.20. The van der Waals surface area contributed by atoms with Crippen molar-refractivity contribution >= 4 is 13.8 Å². The first-order valence-corrected chi connectivity index (χ1v) is 32.7. The third-order valence-corrected chi connectivity index (χ3v) is 15.4. The summed E-state index contributed by atoms with van der Waals surface area (Å²) in [6.45, 7) is 5.52. The molecule has 0 rings (SSSR count). The Labute approximate surface area is 438 Å². The molecular weight excluding hydrogens is 890 g/mol. The molecule has 0 N–H and O–H groups in total. The SMILES string of the molecule is CCCCCCCCCCCCCCCCCCCCCCCCCCOCC(COP(=O)([O-])OCC[N+](C)(C)C)OC(=O)CCCCCCCCCCCCCCCCCCCCCCCCCC. The van der Waals surface area contributed by atoms with Crippen molar-refractivity contribution < 1.29 is 37.3 Å². The molecule has 2 unspecified atom stereocenters. The molecule has 70 heavy (non-hydrogen) atoms. The van der Waals surface area contributed by atoms with Crippen molar-refractivity contribution in [1.29, 1.82) is 0 Å². The lowest BCUT2D eigenvalue weighted by Crippen LogP contribution is -2.37. The van der Waals surface area contributed by atoms with Crippen LogP contribution in [-0.4, -0.2) is 70.7 Å². The van der Waals surface area contributed by atoms with Gasteiger partial charge in [-0.05, 0) is 12.8 Å². The van der Waals surface area contributed by atoms with Crippen molar-refractivity contribution in [1.82, 2.24) is 0 Å². The van der Waals surface area contributed by atoms with Gasteiger partial charge in [0.2, 0.25) is 0 Å². The molecule has 0 aromatic carbocycles. The monoisotopic (exact) mass is 1010 g/mol. The highest BCUT2D eigenvalue weighted by molar-refractivity contribution is 7.45. The highest BCUT2D eigenvalue weighted by Crippen LogP contribution is 2.38. The first-order valence-electron chi connectivity index (χ1n) is 31.3. The van der Waals surface area contributed by atoms with E-state index in [1.54, 1.807) is 0 Å². The molecule has 8 nitrogen and oxygen atoms in total. The molecule has 420 valence electrons. The molecule has 0 bridgehead atoms. The van der Waals surface area contributed by atoms with Gasteiger partial charge >= 0.3 is 5.97 Å². The molecule has 9 heteroatoms. The number of unbranched alkanes of at least 4 members (excludes halogenated alkanes) is 46. The summed E-state index contributed by atoms with van der Waals surface area (Å²) in [4.78, 5) is 25.3. The van der Waals surface area contributed by atoms with Crippen molar-refractivity contribution in [3.05, 3.63) is 0 Å². The van der Waals surface area contributed by atoms with E-state index in [9.17, 15) is 14.3 Å². The van der Waals surface area contributed by atoms with E-state index in [2.05, 4.69) is 13.8 Å². The van der Waals surface area contributed by atoms with Crippen LogP contribution in [0.2, 0.25) is 0 Å². The van der Waals surface area contributed by atoms with E-state index in [4.69, 9.17) is 18.5 Å². The summed E-state index contributed by atoms with van der Waals surface area (Å²) in [6.07, 6.45) is 64.5. The molecule has 0 aliphatic rings. The number of nitrogens with zero attached hydrogens (tertiary/aromatic N) is 1. The Kier molecular flexibility index (Phi) is 54.4. The van der Waals surface area contributed by atoms with Crippen LogP contribution in [0.5, 0.6) is 0 Å². The van der Waals surface area contributed by atoms with Gasteiger partial charge in [-0.1, -0.05) is 309 Å². The first-order chi connectivity index (χ1) is 34.1. The molecule has 0 spiro atoms. The maximum atomic E-state index is 12.8. The summed E-state index contributed by atoms with van der Waals surface area (Å²) in [5.74, 6) is -0.322. The van der Waals surface area contributed by atoms with Crippen molar-refractivity contribution in [2.24, 2.45) is 0 Å². The van der Waals surface area contributed by atoms with Crippen LogP contribution in [0, 0.1) is 0 Å². The zero-order valence-electron chi connectivity index (χ0n) is 48.0. The number of rotatable bonds is 60. The Hall–Kier alpha value is -0.500. The molecule has 0 aromatic rings. The Balaban J connectivity index is 3.96. The summed E-state index contributed by atoms with van der Waals surface area (Å²) in [5.41, 5.74) is 0. The van der Waals surface area contributed by atoms with E-state index >= 15 is 0 Å². The van der Waals surface area contributed by atoms with Crippen LogP contribution in [0.1, 0.15) is 328 Å². The largest absolute Gasteiger partial charge is 0.756 e. The van der Waals surface area contributed by atoms with Gasteiger partial charge in [-0.15, -0.1) is 0 Å². The van der Waals surface area contributed by atoms with Crippen LogP contribution in [-0.2, 0) is 27.9 Å². The number of phosphoric acid groups is 1. The van der Waals surface area contributed by atoms with E-state index in [0.29, 0.717) is 24.1 Å². The number of likely N-dealkylation sites (N-methyl/N-ethyl adjacent to an activating group) is 1. The fraction of sp³-hybridized carbons (Fsp3) is 0.984. The molecule has 0 heterocycles. The van der Waals surface area contributed by atoms with Crippen molar-refractivity contribution in [2.75, 3.05) is 54.1 Å². The average Bonchev–Trinajstić information content (AvgIpc) is 3.32. The van der Waals surface area contributed by atoms with Crippen molar-refractivity contribution in [2.45, 2.75) is 335 Å². The molecule has 0 aromatic heterocycles.